The maximum atomic E-state index is 13.9. The van der Waals surface area contributed by atoms with Crippen LogP contribution >= 0.6 is 23.8 Å². The largest absolute Gasteiger partial charge is 0.469 e. The predicted octanol–water partition coefficient (Wildman–Crippen LogP) is 5.40. The van der Waals surface area contributed by atoms with Crippen LogP contribution < -0.4 is 5.32 Å². The summed E-state index contributed by atoms with van der Waals surface area (Å²) in [6.07, 6.45) is 1.55. The third-order valence-electron chi connectivity index (χ3n) is 3.69. The molecule has 0 saturated carbocycles. The quantitative estimate of drug-likeness (QED) is 0.491. The standard InChI is InChI=1S/C19H13ClFNO2S/c1-11-13(8-9-24-11)19(25)22-12-6-7-16(20)15(10-12)18(23)14-4-2-3-5-17(14)21/h2-10H,1H3,(H,22,25). The second kappa shape index (κ2) is 7.17. The molecule has 0 aliphatic carbocycles. The van der Waals surface area contributed by atoms with Gasteiger partial charge in [-0.3, -0.25) is 4.79 Å². The van der Waals surface area contributed by atoms with Gasteiger partial charge in [-0.25, -0.2) is 4.39 Å². The van der Waals surface area contributed by atoms with E-state index in [4.69, 9.17) is 28.2 Å². The number of furan rings is 1. The zero-order chi connectivity index (χ0) is 18.0. The smallest absolute Gasteiger partial charge is 0.197 e. The summed E-state index contributed by atoms with van der Waals surface area (Å²) in [4.78, 5) is 13.1. The molecule has 0 unspecified atom stereocenters. The molecule has 6 heteroatoms. The van der Waals surface area contributed by atoms with E-state index < -0.39 is 11.6 Å². The lowest BCUT2D eigenvalue weighted by Crippen LogP contribution is -2.12. The van der Waals surface area contributed by atoms with E-state index in [1.807, 2.05) is 0 Å². The summed E-state index contributed by atoms with van der Waals surface area (Å²) in [6.45, 7) is 1.80. The van der Waals surface area contributed by atoms with Gasteiger partial charge in [0.2, 0.25) is 0 Å². The van der Waals surface area contributed by atoms with Gasteiger partial charge in [-0.1, -0.05) is 36.0 Å². The van der Waals surface area contributed by atoms with Crippen LogP contribution in [0, 0.1) is 12.7 Å². The molecule has 0 bridgehead atoms. The molecule has 0 aliphatic heterocycles. The van der Waals surface area contributed by atoms with Gasteiger partial charge in [0.15, 0.2) is 5.78 Å². The fourth-order valence-electron chi connectivity index (χ4n) is 2.39. The van der Waals surface area contributed by atoms with Crippen molar-refractivity contribution in [2.75, 3.05) is 5.32 Å². The number of hydrogen-bond acceptors (Lipinski definition) is 3. The van der Waals surface area contributed by atoms with Crippen molar-refractivity contribution in [3.8, 4) is 0 Å². The molecule has 0 fully saturated rings. The van der Waals surface area contributed by atoms with Gasteiger partial charge in [0.05, 0.1) is 22.4 Å². The Bertz CT molecular complexity index is 968. The highest BCUT2D eigenvalue weighted by Crippen LogP contribution is 2.25. The highest BCUT2D eigenvalue weighted by atomic mass is 35.5. The fourth-order valence-corrected chi connectivity index (χ4v) is 2.92. The molecule has 2 aromatic carbocycles. The van der Waals surface area contributed by atoms with E-state index in [-0.39, 0.29) is 16.1 Å². The zero-order valence-electron chi connectivity index (χ0n) is 13.2. The third kappa shape index (κ3) is 3.62. The summed E-state index contributed by atoms with van der Waals surface area (Å²) in [6, 6.07) is 12.4. The Morgan fingerprint density at radius 1 is 1.12 bits per heavy atom. The predicted molar refractivity (Wildman–Crippen MR) is 100 cm³/mol. The van der Waals surface area contributed by atoms with Gasteiger partial charge >= 0.3 is 0 Å². The lowest BCUT2D eigenvalue weighted by molar-refractivity contribution is 0.103. The van der Waals surface area contributed by atoms with E-state index in [1.54, 1.807) is 43.5 Å². The van der Waals surface area contributed by atoms with Gasteiger partial charge in [0.25, 0.3) is 0 Å². The van der Waals surface area contributed by atoms with Gasteiger partial charge in [0.1, 0.15) is 16.6 Å². The van der Waals surface area contributed by atoms with Crippen LogP contribution in [-0.2, 0) is 0 Å². The summed E-state index contributed by atoms with van der Waals surface area (Å²) in [5, 5.41) is 3.28. The maximum Gasteiger partial charge on any atom is 0.197 e. The van der Waals surface area contributed by atoms with Gasteiger partial charge in [-0.05, 0) is 43.3 Å². The number of carbonyl (C=O) groups is 1. The van der Waals surface area contributed by atoms with Crippen LogP contribution in [0.5, 0.6) is 0 Å². The molecule has 0 atom stereocenters. The zero-order valence-corrected chi connectivity index (χ0v) is 14.7. The average molecular weight is 374 g/mol. The number of halogens is 2. The molecular formula is C19H13ClFNO2S. The molecule has 0 aliphatic rings. The van der Waals surface area contributed by atoms with Crippen LogP contribution in [0.2, 0.25) is 5.02 Å². The summed E-state index contributed by atoms with van der Waals surface area (Å²) in [5.41, 5.74) is 1.50. The number of anilines is 1. The van der Waals surface area contributed by atoms with Crippen molar-refractivity contribution < 1.29 is 13.6 Å². The number of ketones is 1. The highest BCUT2D eigenvalue weighted by molar-refractivity contribution is 7.81. The SMILES string of the molecule is Cc1occc1C(=S)Nc1ccc(Cl)c(C(=O)c2ccccc2F)c1. The lowest BCUT2D eigenvalue weighted by atomic mass is 10.0. The molecule has 0 saturated heterocycles. The molecule has 1 aromatic heterocycles. The number of benzene rings is 2. The molecule has 3 rings (SSSR count). The van der Waals surface area contributed by atoms with Gasteiger partial charge in [0, 0.05) is 11.3 Å². The van der Waals surface area contributed by atoms with E-state index in [2.05, 4.69) is 5.32 Å². The Labute approximate surface area is 154 Å². The van der Waals surface area contributed by atoms with Crippen LogP contribution in [0.3, 0.4) is 0 Å². The number of rotatable bonds is 4. The van der Waals surface area contributed by atoms with E-state index in [0.717, 1.165) is 5.56 Å². The summed E-state index contributed by atoms with van der Waals surface area (Å²) in [7, 11) is 0. The molecule has 126 valence electrons. The summed E-state index contributed by atoms with van der Waals surface area (Å²) in [5.74, 6) is -0.391. The fraction of sp³-hybridized carbons (Fsp3) is 0.0526. The van der Waals surface area contributed by atoms with E-state index in [9.17, 15) is 9.18 Å². The van der Waals surface area contributed by atoms with Crippen LogP contribution in [0.1, 0.15) is 27.2 Å². The Kier molecular flexibility index (Phi) is 4.97. The second-order valence-electron chi connectivity index (χ2n) is 5.35. The van der Waals surface area contributed by atoms with E-state index in [1.165, 1.54) is 18.2 Å². The average Bonchev–Trinajstić information content (AvgIpc) is 3.02. The molecule has 3 nitrogen and oxygen atoms in total. The van der Waals surface area contributed by atoms with Crippen molar-refractivity contribution in [2.45, 2.75) is 6.92 Å². The normalized spacial score (nSPS) is 10.5. The number of nitrogens with one attached hydrogen (secondary N) is 1. The van der Waals surface area contributed by atoms with Crippen LogP contribution in [-0.4, -0.2) is 10.8 Å². The number of carbonyl (C=O) groups excluding carboxylic acids is 1. The molecule has 25 heavy (non-hydrogen) atoms. The van der Waals surface area contributed by atoms with Crippen molar-refractivity contribution in [3.63, 3.8) is 0 Å². The summed E-state index contributed by atoms with van der Waals surface area (Å²) >= 11 is 11.5. The molecule has 0 radical (unpaired) electrons. The van der Waals surface area contributed by atoms with Crippen LogP contribution in [0.4, 0.5) is 10.1 Å². The molecule has 3 aromatic rings. The minimum absolute atomic E-state index is 0.0326. The summed E-state index contributed by atoms with van der Waals surface area (Å²) < 4.78 is 19.1. The minimum Gasteiger partial charge on any atom is -0.469 e. The first-order chi connectivity index (χ1) is 12.0. The topological polar surface area (TPSA) is 42.2 Å². The van der Waals surface area contributed by atoms with Crippen molar-refractivity contribution in [1.82, 2.24) is 0 Å². The molecule has 0 spiro atoms. The van der Waals surface area contributed by atoms with Crippen LogP contribution in [0.25, 0.3) is 0 Å². The number of hydrogen-bond donors (Lipinski definition) is 1. The Morgan fingerprint density at radius 2 is 1.88 bits per heavy atom. The third-order valence-corrected chi connectivity index (χ3v) is 4.34. The Morgan fingerprint density at radius 3 is 2.56 bits per heavy atom. The van der Waals surface area contributed by atoms with Crippen LogP contribution in [0.15, 0.2) is 59.2 Å². The van der Waals surface area contributed by atoms with Gasteiger partial charge < -0.3 is 9.73 Å². The molecule has 1 heterocycles. The van der Waals surface area contributed by atoms with E-state index >= 15 is 0 Å². The lowest BCUT2D eigenvalue weighted by Gasteiger charge is -2.10. The molecular weight excluding hydrogens is 361 g/mol. The van der Waals surface area contributed by atoms with Gasteiger partial charge in [-0.15, -0.1) is 0 Å². The number of thiocarbonyl (C=S) groups is 1. The van der Waals surface area contributed by atoms with Gasteiger partial charge in [-0.2, -0.15) is 0 Å². The minimum atomic E-state index is -0.591. The maximum absolute atomic E-state index is 13.9. The Balaban J connectivity index is 1.91. The first-order valence-corrected chi connectivity index (χ1v) is 8.20. The first-order valence-electron chi connectivity index (χ1n) is 7.41. The van der Waals surface area contributed by atoms with Crippen molar-refractivity contribution in [2.24, 2.45) is 0 Å². The number of aryl methyl sites for hydroxylation is 1. The Hall–Kier alpha value is -2.50. The van der Waals surface area contributed by atoms with Crippen molar-refractivity contribution in [1.29, 1.82) is 0 Å². The van der Waals surface area contributed by atoms with Crippen molar-refractivity contribution in [3.05, 3.63) is 88.1 Å². The highest BCUT2D eigenvalue weighted by Gasteiger charge is 2.17. The molecule has 0 amide bonds. The first kappa shape index (κ1) is 17.3. The van der Waals surface area contributed by atoms with Crippen molar-refractivity contribution >= 4 is 40.3 Å². The monoisotopic (exact) mass is 373 g/mol. The molecule has 1 N–H and O–H groups in total. The second-order valence-corrected chi connectivity index (χ2v) is 6.16. The van der Waals surface area contributed by atoms with E-state index in [0.29, 0.717) is 16.4 Å².